The van der Waals surface area contributed by atoms with E-state index in [9.17, 15) is 4.79 Å². The Morgan fingerprint density at radius 3 is 2.90 bits per heavy atom. The van der Waals surface area contributed by atoms with Crippen molar-refractivity contribution in [1.29, 1.82) is 0 Å². The molecule has 0 N–H and O–H groups in total. The predicted molar refractivity (Wildman–Crippen MR) is 87.1 cm³/mol. The number of thiazole rings is 1. The number of benzene rings is 2. The van der Waals surface area contributed by atoms with Gasteiger partial charge in [0.05, 0.1) is 28.3 Å². The SMILES string of the molecule is C[N+]1(c2ccc3ncsc3c2)C=Cc2ccccc2C1=O. The van der Waals surface area contributed by atoms with E-state index in [2.05, 4.69) is 11.1 Å². The zero-order valence-corrected chi connectivity index (χ0v) is 12.3. The molecular weight excluding hydrogens is 280 g/mol. The lowest BCUT2D eigenvalue weighted by molar-refractivity contribution is 0.0851. The van der Waals surface area contributed by atoms with Gasteiger partial charge in [-0.3, -0.25) is 0 Å². The molecule has 0 radical (unpaired) electrons. The molecule has 1 aliphatic heterocycles. The van der Waals surface area contributed by atoms with Crippen LogP contribution in [0.1, 0.15) is 15.9 Å². The summed E-state index contributed by atoms with van der Waals surface area (Å²) in [5.41, 5.74) is 5.52. The average molecular weight is 293 g/mol. The van der Waals surface area contributed by atoms with Gasteiger partial charge in [-0.15, -0.1) is 11.3 Å². The fourth-order valence-corrected chi connectivity index (χ4v) is 3.43. The number of nitrogens with zero attached hydrogens (tertiary/aromatic N) is 2. The molecule has 4 rings (SSSR count). The van der Waals surface area contributed by atoms with E-state index in [1.165, 1.54) is 0 Å². The Hall–Kier alpha value is -2.30. The summed E-state index contributed by atoms with van der Waals surface area (Å²) in [6.07, 6.45) is 3.97. The van der Waals surface area contributed by atoms with Crippen molar-refractivity contribution in [2.24, 2.45) is 0 Å². The molecule has 0 aliphatic carbocycles. The van der Waals surface area contributed by atoms with Gasteiger partial charge in [-0.2, -0.15) is 0 Å². The maximum absolute atomic E-state index is 12.9. The minimum atomic E-state index is 0.0944. The van der Waals surface area contributed by atoms with E-state index in [1.54, 1.807) is 11.3 Å². The molecule has 0 spiro atoms. The summed E-state index contributed by atoms with van der Waals surface area (Å²) in [5.74, 6) is 0.0944. The van der Waals surface area contributed by atoms with Crippen LogP contribution in [0.5, 0.6) is 0 Å². The van der Waals surface area contributed by atoms with E-state index in [4.69, 9.17) is 0 Å². The first-order valence-electron chi connectivity index (χ1n) is 6.72. The maximum atomic E-state index is 12.9. The van der Waals surface area contributed by atoms with Crippen molar-refractivity contribution in [3.63, 3.8) is 0 Å². The topological polar surface area (TPSA) is 30.0 Å². The number of hydrogen-bond donors (Lipinski definition) is 0. The monoisotopic (exact) mass is 293 g/mol. The third kappa shape index (κ3) is 1.77. The standard InChI is InChI=1S/C17H13N2OS/c1-19(13-6-7-15-16(10-13)21-11-18-15)9-8-12-4-2-3-5-14(12)17(19)20/h2-11H,1H3/q+1. The van der Waals surface area contributed by atoms with Gasteiger partial charge in [0.2, 0.25) is 0 Å². The van der Waals surface area contributed by atoms with Crippen molar-refractivity contribution in [2.45, 2.75) is 0 Å². The van der Waals surface area contributed by atoms with Crippen LogP contribution < -0.4 is 4.48 Å². The van der Waals surface area contributed by atoms with Gasteiger partial charge < -0.3 is 0 Å². The summed E-state index contributed by atoms with van der Waals surface area (Å²) in [6.45, 7) is 0. The Labute approximate surface area is 126 Å². The van der Waals surface area contributed by atoms with Gasteiger partial charge >= 0.3 is 5.91 Å². The quantitative estimate of drug-likeness (QED) is 0.633. The van der Waals surface area contributed by atoms with Crippen molar-refractivity contribution in [3.8, 4) is 0 Å². The number of rotatable bonds is 1. The van der Waals surface area contributed by atoms with Gasteiger partial charge in [0.15, 0.2) is 0 Å². The van der Waals surface area contributed by atoms with Crippen LogP contribution >= 0.6 is 11.3 Å². The van der Waals surface area contributed by atoms with Crippen LogP contribution in [0.4, 0.5) is 5.69 Å². The minimum absolute atomic E-state index is 0.0944. The molecule has 2 heterocycles. The first-order chi connectivity index (χ1) is 10.2. The largest absolute Gasteiger partial charge is 0.355 e. The summed E-state index contributed by atoms with van der Waals surface area (Å²) < 4.78 is 1.26. The van der Waals surface area contributed by atoms with Crippen LogP contribution in [-0.2, 0) is 0 Å². The Morgan fingerprint density at radius 1 is 1.14 bits per heavy atom. The van der Waals surface area contributed by atoms with Crippen molar-refractivity contribution >= 4 is 39.2 Å². The first kappa shape index (κ1) is 12.4. The highest BCUT2D eigenvalue weighted by molar-refractivity contribution is 7.16. The fraction of sp³-hybridized carbons (Fsp3) is 0.0588. The second kappa shape index (κ2) is 4.35. The van der Waals surface area contributed by atoms with E-state index in [1.807, 2.05) is 61.2 Å². The molecule has 4 heteroatoms. The van der Waals surface area contributed by atoms with Crippen LogP contribution in [0.2, 0.25) is 0 Å². The summed E-state index contributed by atoms with van der Waals surface area (Å²) in [5, 5.41) is 0. The molecule has 1 aliphatic rings. The van der Waals surface area contributed by atoms with Crippen molar-refractivity contribution in [1.82, 2.24) is 9.47 Å². The van der Waals surface area contributed by atoms with Crippen LogP contribution in [0.25, 0.3) is 16.3 Å². The Morgan fingerprint density at radius 2 is 2.00 bits per heavy atom. The molecule has 1 amide bonds. The van der Waals surface area contributed by atoms with Crippen LogP contribution in [0.15, 0.2) is 54.2 Å². The molecule has 3 nitrogen and oxygen atoms in total. The molecule has 3 aromatic rings. The highest BCUT2D eigenvalue weighted by atomic mass is 32.1. The Balaban J connectivity index is 1.89. The molecule has 1 aromatic heterocycles. The maximum Gasteiger partial charge on any atom is 0.355 e. The minimum Gasteiger partial charge on any atom is -0.245 e. The van der Waals surface area contributed by atoms with E-state index in [0.717, 1.165) is 27.0 Å². The van der Waals surface area contributed by atoms with Crippen LogP contribution in [0, 0.1) is 0 Å². The summed E-state index contributed by atoms with van der Waals surface area (Å²) in [6, 6.07) is 13.7. The lowest BCUT2D eigenvalue weighted by Crippen LogP contribution is -2.47. The van der Waals surface area contributed by atoms with Gasteiger partial charge in [0.1, 0.15) is 11.9 Å². The fourth-order valence-electron chi connectivity index (χ4n) is 2.72. The number of hydrogen-bond acceptors (Lipinski definition) is 3. The normalized spacial score (nSPS) is 20.7. The number of quaternary nitrogens is 1. The smallest absolute Gasteiger partial charge is 0.245 e. The van der Waals surface area contributed by atoms with Gasteiger partial charge in [-0.05, 0) is 17.7 Å². The highest BCUT2D eigenvalue weighted by Gasteiger charge is 2.37. The van der Waals surface area contributed by atoms with Crippen LogP contribution in [-0.4, -0.2) is 17.9 Å². The summed E-state index contributed by atoms with van der Waals surface area (Å²) >= 11 is 1.59. The van der Waals surface area contributed by atoms with Crippen molar-refractivity contribution in [2.75, 3.05) is 7.05 Å². The number of fused-ring (bicyclic) bond motifs is 2. The third-order valence-corrected chi connectivity index (χ3v) is 4.81. The number of carbonyl (C=O) groups is 1. The molecule has 102 valence electrons. The predicted octanol–water partition coefficient (Wildman–Crippen LogP) is 4.06. The summed E-state index contributed by atoms with van der Waals surface area (Å²) in [7, 11) is 1.93. The molecule has 0 fully saturated rings. The molecule has 2 aromatic carbocycles. The number of aromatic nitrogens is 1. The number of carbonyl (C=O) groups excluding carboxylic acids is 1. The number of amides is 1. The van der Waals surface area contributed by atoms with E-state index >= 15 is 0 Å². The van der Waals surface area contributed by atoms with Gasteiger partial charge in [-0.1, -0.05) is 18.2 Å². The van der Waals surface area contributed by atoms with Crippen molar-refractivity contribution < 1.29 is 4.79 Å². The van der Waals surface area contributed by atoms with E-state index in [0.29, 0.717) is 0 Å². The molecule has 1 atom stereocenters. The van der Waals surface area contributed by atoms with E-state index in [-0.39, 0.29) is 10.4 Å². The van der Waals surface area contributed by atoms with E-state index < -0.39 is 0 Å². The lowest BCUT2D eigenvalue weighted by atomic mass is 10.0. The van der Waals surface area contributed by atoms with Gasteiger partial charge in [-0.25, -0.2) is 14.3 Å². The molecule has 0 bridgehead atoms. The first-order valence-corrected chi connectivity index (χ1v) is 7.60. The molecule has 1 unspecified atom stereocenters. The zero-order valence-electron chi connectivity index (χ0n) is 11.5. The Kier molecular flexibility index (Phi) is 2.58. The van der Waals surface area contributed by atoms with Gasteiger partial charge in [0, 0.05) is 18.2 Å². The molecule has 0 saturated heterocycles. The molecule has 21 heavy (non-hydrogen) atoms. The Bertz CT molecular complexity index is 896. The highest BCUT2D eigenvalue weighted by Crippen LogP contribution is 2.33. The second-order valence-electron chi connectivity index (χ2n) is 5.29. The van der Waals surface area contributed by atoms with Crippen molar-refractivity contribution in [3.05, 3.63) is 65.3 Å². The second-order valence-corrected chi connectivity index (χ2v) is 6.17. The zero-order chi connectivity index (χ0) is 14.4. The molecular formula is C17H13N2OS+. The third-order valence-electron chi connectivity index (χ3n) is 4.02. The summed E-state index contributed by atoms with van der Waals surface area (Å²) in [4.78, 5) is 17.2. The molecule has 0 saturated carbocycles. The average Bonchev–Trinajstić information content (AvgIpc) is 2.99. The van der Waals surface area contributed by atoms with Crippen LogP contribution in [0.3, 0.4) is 0 Å². The lowest BCUT2D eigenvalue weighted by Gasteiger charge is -2.30. The van der Waals surface area contributed by atoms with Gasteiger partial charge in [0.25, 0.3) is 0 Å².